The van der Waals surface area contributed by atoms with E-state index in [4.69, 9.17) is 66.3 Å². The number of esters is 8. The fraction of sp³-hybridized carbons (Fsp3) is 0.532. The van der Waals surface area contributed by atoms with Gasteiger partial charge in [0.05, 0.1) is 52.6 Å². The summed E-state index contributed by atoms with van der Waals surface area (Å²) in [5.74, 6) is -17.3. The van der Waals surface area contributed by atoms with Gasteiger partial charge in [-0.25, -0.2) is 14.4 Å². The van der Waals surface area contributed by atoms with Crippen molar-refractivity contribution in [1.29, 1.82) is 0 Å². The van der Waals surface area contributed by atoms with Crippen molar-refractivity contribution in [3.63, 3.8) is 0 Å². The molecule has 3 aromatic rings. The summed E-state index contributed by atoms with van der Waals surface area (Å²) in [4.78, 5) is 155. The molecule has 2 heterocycles. The number of nitrogens with one attached hydrogen (secondary N) is 1. The molecule has 27 nitrogen and oxygen atoms in total. The van der Waals surface area contributed by atoms with E-state index in [0.29, 0.717) is 34.0 Å². The number of imide groups is 1. The summed E-state index contributed by atoms with van der Waals surface area (Å²) in [6, 6.07) is 18.8. The highest BCUT2D eigenvalue weighted by Crippen LogP contribution is 2.49. The molecule has 498 valence electrons. The third-order valence-electron chi connectivity index (χ3n) is 14.1. The van der Waals surface area contributed by atoms with Gasteiger partial charge in [0.2, 0.25) is 17.7 Å². The van der Waals surface area contributed by atoms with Crippen molar-refractivity contribution in [2.24, 2.45) is 0 Å². The van der Waals surface area contributed by atoms with E-state index in [1.54, 1.807) is 72.8 Å². The standard InChI is InChI=1S/C62H80N2O25SSi/c1-35(65)63-50-47(86-58(73)44-21-17-15-18-22-44)31-61(59(74)77-10,81-29-30-91(12,13)14)88-54(50)53(84-41(7)71)49(33-79-32-43-25-27-45(76-9)28-26-43)87-62(60(75)78-11)57(90-46-23-19-16-20-24-46)56(85-42(8)72)51(64(36(2)66)37(3)67)55(89-62)52(83-40(6)70)48(82-39(5)69)34-80-38(4)68/h15-28,47-57H,29-34H2,1-14H3,(H,63,65)/t47-,48+,49+,50+,51-,52+,53+,54+,55+,56+,57-,61+,62+/m0/s1. The van der Waals surface area contributed by atoms with Crippen LogP contribution in [0.15, 0.2) is 89.8 Å². The van der Waals surface area contributed by atoms with Gasteiger partial charge in [-0.15, -0.1) is 11.8 Å². The molecular formula is C62H80N2O25SSi. The largest absolute Gasteiger partial charge is 0.497 e. The first-order valence-electron chi connectivity index (χ1n) is 28.8. The van der Waals surface area contributed by atoms with Crippen molar-refractivity contribution in [1.82, 2.24) is 10.2 Å². The molecule has 3 aromatic carbocycles. The van der Waals surface area contributed by atoms with Crippen LogP contribution in [0.2, 0.25) is 25.7 Å². The third kappa shape index (κ3) is 20.3. The zero-order valence-corrected chi connectivity index (χ0v) is 55.1. The number of rotatable bonds is 29. The molecule has 0 bridgehead atoms. The number of nitrogens with zero attached hydrogens (tertiary/aromatic N) is 1. The van der Waals surface area contributed by atoms with Crippen molar-refractivity contribution in [2.75, 3.05) is 41.2 Å². The normalized spacial score (nSPS) is 23.4. The Kier molecular flexibility index (Phi) is 27.2. The number of hydrogen-bond donors (Lipinski definition) is 1. The van der Waals surface area contributed by atoms with Crippen LogP contribution >= 0.6 is 11.8 Å². The Morgan fingerprint density at radius 2 is 1.22 bits per heavy atom. The van der Waals surface area contributed by atoms with E-state index < -0.39 is 171 Å². The summed E-state index contributed by atoms with van der Waals surface area (Å²) in [6.45, 7) is 11.7. The highest BCUT2D eigenvalue weighted by atomic mass is 32.2. The van der Waals surface area contributed by atoms with E-state index in [-0.39, 0.29) is 23.7 Å². The first-order chi connectivity index (χ1) is 42.9. The quantitative estimate of drug-likeness (QED) is 0.0553. The van der Waals surface area contributed by atoms with Gasteiger partial charge in [-0.1, -0.05) is 68.2 Å². The van der Waals surface area contributed by atoms with E-state index >= 15 is 4.79 Å². The van der Waals surface area contributed by atoms with Crippen molar-refractivity contribution in [3.05, 3.63) is 96.1 Å². The fourth-order valence-corrected chi connectivity index (χ4v) is 12.3. The first-order valence-corrected chi connectivity index (χ1v) is 33.4. The number of amides is 3. The van der Waals surface area contributed by atoms with E-state index in [2.05, 4.69) is 5.32 Å². The van der Waals surface area contributed by atoms with Crippen LogP contribution in [0.4, 0.5) is 0 Å². The summed E-state index contributed by atoms with van der Waals surface area (Å²) in [6.07, 6.45) is -17.3. The summed E-state index contributed by atoms with van der Waals surface area (Å²) in [7, 11) is 1.36. The zero-order chi connectivity index (χ0) is 67.5. The molecule has 91 heavy (non-hydrogen) atoms. The van der Waals surface area contributed by atoms with Gasteiger partial charge in [-0.3, -0.25) is 43.3 Å². The molecule has 0 radical (unpaired) electrons. The smallest absolute Gasteiger partial charge is 0.368 e. The highest BCUT2D eigenvalue weighted by Gasteiger charge is 2.69. The molecule has 5 rings (SSSR count). The van der Waals surface area contributed by atoms with Crippen LogP contribution in [-0.4, -0.2) is 197 Å². The number of methoxy groups -OCH3 is 3. The molecule has 0 unspecified atom stereocenters. The molecule has 2 aliphatic heterocycles. The minimum atomic E-state index is -3.30. The molecule has 2 saturated heterocycles. The second kappa shape index (κ2) is 33.5. The maximum Gasteiger partial charge on any atom is 0.368 e. The molecule has 13 atom stereocenters. The van der Waals surface area contributed by atoms with Gasteiger partial charge in [0.25, 0.3) is 11.6 Å². The van der Waals surface area contributed by atoms with Crippen molar-refractivity contribution in [3.8, 4) is 5.75 Å². The molecule has 29 heteroatoms. The van der Waals surface area contributed by atoms with Crippen molar-refractivity contribution >= 4 is 85.3 Å². The van der Waals surface area contributed by atoms with Crippen LogP contribution in [0.3, 0.4) is 0 Å². The van der Waals surface area contributed by atoms with E-state index in [1.165, 1.54) is 19.2 Å². The van der Waals surface area contributed by atoms with E-state index in [9.17, 15) is 47.9 Å². The Morgan fingerprint density at radius 1 is 0.648 bits per heavy atom. The van der Waals surface area contributed by atoms with Crippen molar-refractivity contribution in [2.45, 2.75) is 177 Å². The zero-order valence-electron chi connectivity index (χ0n) is 53.2. The second-order valence-electron chi connectivity index (χ2n) is 22.4. The van der Waals surface area contributed by atoms with Crippen LogP contribution in [0.5, 0.6) is 5.75 Å². The molecule has 0 aromatic heterocycles. The number of carbonyl (C=O) groups excluding carboxylic acids is 11. The summed E-state index contributed by atoms with van der Waals surface area (Å²) >= 11 is 0.706. The molecule has 0 spiro atoms. The van der Waals surface area contributed by atoms with Gasteiger partial charge in [0, 0.05) is 75.0 Å². The van der Waals surface area contributed by atoms with Crippen LogP contribution < -0.4 is 10.1 Å². The summed E-state index contributed by atoms with van der Waals surface area (Å²) < 4.78 is 86.0. The van der Waals surface area contributed by atoms with Crippen LogP contribution in [-0.2, 0) is 116 Å². The molecular weight excluding hydrogens is 1230 g/mol. The number of thioether (sulfide) groups is 1. The molecule has 2 fully saturated rings. The fourth-order valence-electron chi connectivity index (χ4n) is 10.3. The van der Waals surface area contributed by atoms with Gasteiger partial charge in [-0.05, 0) is 48.0 Å². The number of ether oxygens (including phenoxy) is 14. The molecule has 1 N–H and O–H groups in total. The van der Waals surface area contributed by atoms with Gasteiger partial charge < -0.3 is 71.6 Å². The van der Waals surface area contributed by atoms with Gasteiger partial charge in [0.1, 0.15) is 54.2 Å². The minimum absolute atomic E-state index is 0.0238. The van der Waals surface area contributed by atoms with Crippen LogP contribution in [0.25, 0.3) is 0 Å². The lowest BCUT2D eigenvalue weighted by atomic mass is 9.85. The lowest BCUT2D eigenvalue weighted by Gasteiger charge is -2.55. The summed E-state index contributed by atoms with van der Waals surface area (Å²) in [5, 5.41) is 0.759. The molecule has 0 saturated carbocycles. The minimum Gasteiger partial charge on any atom is -0.497 e. The number of carbonyl (C=O) groups is 11. The highest BCUT2D eigenvalue weighted by molar-refractivity contribution is 8.00. The molecule has 3 amide bonds. The van der Waals surface area contributed by atoms with E-state index in [1.807, 2.05) is 19.6 Å². The average molecular weight is 1310 g/mol. The van der Waals surface area contributed by atoms with Crippen LogP contribution in [0, 0.1) is 0 Å². The predicted molar refractivity (Wildman–Crippen MR) is 321 cm³/mol. The second-order valence-corrected chi connectivity index (χ2v) is 29.2. The lowest BCUT2D eigenvalue weighted by molar-refractivity contribution is -0.348. The monoisotopic (exact) mass is 1310 g/mol. The third-order valence-corrected chi connectivity index (χ3v) is 17.2. The average Bonchev–Trinajstić information content (AvgIpc) is 0.739. The van der Waals surface area contributed by atoms with Crippen molar-refractivity contribution < 1.29 is 119 Å². The Bertz CT molecular complexity index is 3030. The summed E-state index contributed by atoms with van der Waals surface area (Å²) in [5.41, 5.74) is 0.520. The topological polar surface area (TPSA) is 332 Å². The SMILES string of the molecule is COC(=O)[C@@]1(OCC[Si](C)(C)C)C[C@H](OC(=O)c2ccccc2)[C@@H](NC(C)=O)[C@H]([C@H](OC(C)=O)[C@@H](COCc2ccc(OC)cc2)O[C@@]2(C(=O)OC)O[C@@H]([C@H](OC(C)=O)[C@@H](COC(C)=O)OC(C)=O)[C@H](N(C(C)=O)C(C)=O)[C@@H](OC(C)=O)[C@@H]2Sc2ccccc2)O1. The van der Waals surface area contributed by atoms with Gasteiger partial charge in [-0.2, -0.15) is 0 Å². The Morgan fingerprint density at radius 3 is 1.73 bits per heavy atom. The Hall–Kier alpha value is -7.80. The maximum atomic E-state index is 15.9. The van der Waals surface area contributed by atoms with Gasteiger partial charge >= 0.3 is 47.8 Å². The Labute approximate surface area is 532 Å². The molecule has 2 aliphatic rings. The predicted octanol–water partition coefficient (Wildman–Crippen LogP) is 4.82. The lowest BCUT2D eigenvalue weighted by Crippen LogP contribution is -2.76. The Balaban J connectivity index is 2.00. The van der Waals surface area contributed by atoms with E-state index in [0.717, 1.165) is 69.6 Å². The first kappa shape index (κ1) is 73.9. The van der Waals surface area contributed by atoms with Crippen LogP contribution in [0.1, 0.15) is 77.7 Å². The van der Waals surface area contributed by atoms with Gasteiger partial charge in [0.15, 0.2) is 18.3 Å². The molecule has 0 aliphatic carbocycles. The number of benzene rings is 3. The number of hydrogen-bond acceptors (Lipinski definition) is 26. The maximum absolute atomic E-state index is 15.9.